The summed E-state index contributed by atoms with van der Waals surface area (Å²) in [6, 6.07) is 9.39. The van der Waals surface area contributed by atoms with Crippen molar-refractivity contribution in [1.82, 2.24) is 4.90 Å². The van der Waals surface area contributed by atoms with Gasteiger partial charge in [-0.15, -0.1) is 11.6 Å². The standard InChI is InChI=1S/C14H18ClNO3/c1-11(15)14(19)16(13(10-18)7-8-17)9-12-5-3-2-4-6-12/h2-7,11,17-18H,8-10H2,1H3/b13-7+. The predicted molar refractivity (Wildman–Crippen MR) is 74.6 cm³/mol. The quantitative estimate of drug-likeness (QED) is 0.778. The molecular formula is C14H18ClNO3. The molecule has 4 nitrogen and oxygen atoms in total. The molecule has 1 unspecified atom stereocenters. The topological polar surface area (TPSA) is 60.8 Å². The van der Waals surface area contributed by atoms with Crippen molar-refractivity contribution in [3.05, 3.63) is 47.7 Å². The van der Waals surface area contributed by atoms with E-state index in [0.29, 0.717) is 12.2 Å². The van der Waals surface area contributed by atoms with Gasteiger partial charge in [0, 0.05) is 5.70 Å². The Morgan fingerprint density at radius 1 is 1.37 bits per heavy atom. The molecule has 1 aromatic carbocycles. The van der Waals surface area contributed by atoms with E-state index in [9.17, 15) is 9.90 Å². The van der Waals surface area contributed by atoms with Crippen LogP contribution in [0, 0.1) is 0 Å². The van der Waals surface area contributed by atoms with Crippen LogP contribution in [0.5, 0.6) is 0 Å². The lowest BCUT2D eigenvalue weighted by Gasteiger charge is -2.25. The van der Waals surface area contributed by atoms with Crippen molar-refractivity contribution in [2.24, 2.45) is 0 Å². The zero-order valence-electron chi connectivity index (χ0n) is 10.8. The highest BCUT2D eigenvalue weighted by Gasteiger charge is 2.21. The highest BCUT2D eigenvalue weighted by atomic mass is 35.5. The third-order valence-electron chi connectivity index (χ3n) is 2.63. The third kappa shape index (κ3) is 4.67. The Balaban J connectivity index is 2.99. The van der Waals surface area contributed by atoms with E-state index in [2.05, 4.69) is 0 Å². The van der Waals surface area contributed by atoms with Gasteiger partial charge < -0.3 is 15.1 Å². The van der Waals surface area contributed by atoms with Crippen LogP contribution in [-0.2, 0) is 11.3 Å². The second-order valence-electron chi connectivity index (χ2n) is 4.06. The molecule has 1 atom stereocenters. The molecule has 0 saturated carbocycles. The Labute approximate surface area is 117 Å². The number of alkyl halides is 1. The molecule has 5 heteroatoms. The molecule has 1 aromatic rings. The number of hydrogen-bond donors (Lipinski definition) is 2. The average molecular weight is 284 g/mol. The van der Waals surface area contributed by atoms with Gasteiger partial charge in [-0.3, -0.25) is 4.79 Å². The molecule has 1 amide bonds. The molecule has 0 radical (unpaired) electrons. The summed E-state index contributed by atoms with van der Waals surface area (Å²) in [6.07, 6.45) is 1.40. The largest absolute Gasteiger partial charge is 0.392 e. The summed E-state index contributed by atoms with van der Waals surface area (Å²) in [5.41, 5.74) is 1.27. The minimum Gasteiger partial charge on any atom is -0.392 e. The molecule has 1 rings (SSSR count). The summed E-state index contributed by atoms with van der Waals surface area (Å²) >= 11 is 5.83. The number of halogens is 1. The number of rotatable bonds is 6. The Kier molecular flexibility index (Phi) is 6.56. The van der Waals surface area contributed by atoms with Crippen LogP contribution in [0.3, 0.4) is 0 Å². The molecule has 2 N–H and O–H groups in total. The van der Waals surface area contributed by atoms with Gasteiger partial charge >= 0.3 is 0 Å². The number of aliphatic hydroxyl groups is 2. The van der Waals surface area contributed by atoms with E-state index < -0.39 is 5.38 Å². The van der Waals surface area contributed by atoms with Crippen molar-refractivity contribution >= 4 is 17.5 Å². The Morgan fingerprint density at radius 3 is 2.47 bits per heavy atom. The van der Waals surface area contributed by atoms with E-state index in [-0.39, 0.29) is 19.1 Å². The number of hydrogen-bond acceptors (Lipinski definition) is 3. The molecule has 0 aromatic heterocycles. The van der Waals surface area contributed by atoms with Gasteiger partial charge in [-0.25, -0.2) is 0 Å². The van der Waals surface area contributed by atoms with Crippen molar-refractivity contribution in [2.45, 2.75) is 18.8 Å². The summed E-state index contributed by atoms with van der Waals surface area (Å²) in [4.78, 5) is 13.5. The number of benzene rings is 1. The molecule has 0 heterocycles. The average Bonchev–Trinajstić information content (AvgIpc) is 2.43. The second-order valence-corrected chi connectivity index (χ2v) is 4.72. The lowest BCUT2D eigenvalue weighted by Crippen LogP contribution is -2.36. The molecule has 0 aliphatic heterocycles. The fourth-order valence-corrected chi connectivity index (χ4v) is 1.79. The first-order valence-electron chi connectivity index (χ1n) is 6.00. The summed E-state index contributed by atoms with van der Waals surface area (Å²) in [5, 5.41) is 17.6. The minimum absolute atomic E-state index is 0.245. The fraction of sp³-hybridized carbons (Fsp3) is 0.357. The maximum atomic E-state index is 12.1. The fourth-order valence-electron chi connectivity index (χ4n) is 1.67. The summed E-state index contributed by atoms with van der Waals surface area (Å²) in [7, 11) is 0. The Morgan fingerprint density at radius 2 is 2.00 bits per heavy atom. The van der Waals surface area contributed by atoms with Crippen molar-refractivity contribution in [2.75, 3.05) is 13.2 Å². The summed E-state index contributed by atoms with van der Waals surface area (Å²) in [6.45, 7) is 1.31. The maximum Gasteiger partial charge on any atom is 0.244 e. The molecular weight excluding hydrogens is 266 g/mol. The number of aliphatic hydroxyl groups excluding tert-OH is 2. The van der Waals surface area contributed by atoms with Gasteiger partial charge in [0.05, 0.1) is 19.8 Å². The van der Waals surface area contributed by atoms with Crippen LogP contribution in [0.25, 0.3) is 0 Å². The van der Waals surface area contributed by atoms with Crippen LogP contribution in [0.15, 0.2) is 42.1 Å². The predicted octanol–water partition coefficient (Wildman–Crippen LogP) is 1.51. The summed E-state index contributed by atoms with van der Waals surface area (Å²) < 4.78 is 0. The van der Waals surface area contributed by atoms with Crippen molar-refractivity contribution in [3.63, 3.8) is 0 Å². The zero-order chi connectivity index (χ0) is 14.3. The van der Waals surface area contributed by atoms with E-state index in [1.807, 2.05) is 30.3 Å². The maximum absolute atomic E-state index is 12.1. The van der Waals surface area contributed by atoms with Crippen molar-refractivity contribution in [1.29, 1.82) is 0 Å². The number of carbonyl (C=O) groups excluding carboxylic acids is 1. The van der Waals surface area contributed by atoms with Crippen molar-refractivity contribution < 1.29 is 15.0 Å². The first-order chi connectivity index (χ1) is 9.10. The van der Waals surface area contributed by atoms with Gasteiger partial charge in [0.25, 0.3) is 0 Å². The molecule has 0 aliphatic rings. The van der Waals surface area contributed by atoms with Gasteiger partial charge in [-0.1, -0.05) is 30.3 Å². The monoisotopic (exact) mass is 283 g/mol. The van der Waals surface area contributed by atoms with Crippen LogP contribution in [0.2, 0.25) is 0 Å². The van der Waals surface area contributed by atoms with Gasteiger partial charge in [-0.05, 0) is 18.6 Å². The van der Waals surface area contributed by atoms with E-state index in [1.54, 1.807) is 6.92 Å². The smallest absolute Gasteiger partial charge is 0.244 e. The van der Waals surface area contributed by atoms with Crippen LogP contribution >= 0.6 is 11.6 Å². The Hall–Kier alpha value is -1.36. The van der Waals surface area contributed by atoms with Gasteiger partial charge in [0.1, 0.15) is 5.38 Å². The van der Waals surface area contributed by atoms with E-state index in [4.69, 9.17) is 16.7 Å². The molecule has 104 valence electrons. The first-order valence-corrected chi connectivity index (χ1v) is 6.44. The summed E-state index contributed by atoms with van der Waals surface area (Å²) in [5.74, 6) is -0.306. The molecule has 19 heavy (non-hydrogen) atoms. The SMILES string of the molecule is CC(Cl)C(=O)N(Cc1ccccc1)/C(=C/CO)CO. The first kappa shape index (κ1) is 15.7. The van der Waals surface area contributed by atoms with Crippen molar-refractivity contribution in [3.8, 4) is 0 Å². The normalized spacial score (nSPS) is 13.2. The highest BCUT2D eigenvalue weighted by molar-refractivity contribution is 6.30. The number of carbonyl (C=O) groups is 1. The van der Waals surface area contributed by atoms with Crippen LogP contribution in [-0.4, -0.2) is 39.6 Å². The zero-order valence-corrected chi connectivity index (χ0v) is 11.5. The minimum atomic E-state index is -0.697. The molecule has 0 spiro atoms. The van der Waals surface area contributed by atoms with Gasteiger partial charge in [-0.2, -0.15) is 0 Å². The number of nitrogens with zero attached hydrogens (tertiary/aromatic N) is 1. The van der Waals surface area contributed by atoms with Gasteiger partial charge in [0.2, 0.25) is 5.91 Å². The lowest BCUT2D eigenvalue weighted by atomic mass is 10.2. The highest BCUT2D eigenvalue weighted by Crippen LogP contribution is 2.14. The van der Waals surface area contributed by atoms with E-state index >= 15 is 0 Å². The van der Waals surface area contributed by atoms with E-state index in [0.717, 1.165) is 5.56 Å². The molecule has 0 bridgehead atoms. The Bertz CT molecular complexity index is 432. The van der Waals surface area contributed by atoms with Crippen LogP contribution in [0.1, 0.15) is 12.5 Å². The molecule has 0 saturated heterocycles. The van der Waals surface area contributed by atoms with E-state index in [1.165, 1.54) is 11.0 Å². The third-order valence-corrected chi connectivity index (χ3v) is 2.81. The van der Waals surface area contributed by atoms with Crippen LogP contribution in [0.4, 0.5) is 0 Å². The lowest BCUT2D eigenvalue weighted by molar-refractivity contribution is -0.129. The number of amides is 1. The second kappa shape index (κ2) is 7.94. The molecule has 0 aliphatic carbocycles. The van der Waals surface area contributed by atoms with Crippen LogP contribution < -0.4 is 0 Å². The molecule has 0 fully saturated rings. The van der Waals surface area contributed by atoms with Gasteiger partial charge in [0.15, 0.2) is 0 Å².